The molecule has 0 spiro atoms. The van der Waals surface area contributed by atoms with Gasteiger partial charge >= 0.3 is 12.3 Å². The van der Waals surface area contributed by atoms with E-state index in [9.17, 15) is 18.0 Å². The van der Waals surface area contributed by atoms with Gasteiger partial charge in [-0.05, 0) is 37.3 Å². The topological polar surface area (TPSA) is 57.7 Å². The van der Waals surface area contributed by atoms with E-state index >= 15 is 0 Å². The van der Waals surface area contributed by atoms with E-state index < -0.39 is 18.1 Å². The first-order valence-electron chi connectivity index (χ1n) is 7.21. The Morgan fingerprint density at radius 2 is 2.04 bits per heavy atom. The molecule has 0 saturated heterocycles. The van der Waals surface area contributed by atoms with Gasteiger partial charge in [-0.3, -0.25) is 0 Å². The van der Waals surface area contributed by atoms with E-state index in [1.54, 1.807) is 25.1 Å². The Balaban J connectivity index is 2.31. The van der Waals surface area contributed by atoms with Crippen LogP contribution < -0.4 is 9.47 Å². The molecule has 132 valence electrons. The first kappa shape index (κ1) is 18.3. The minimum atomic E-state index is -4.83. The first-order valence-corrected chi connectivity index (χ1v) is 7.21. The summed E-state index contributed by atoms with van der Waals surface area (Å²) in [6.07, 6.45) is -0.961. The molecule has 0 aliphatic heterocycles. The minimum absolute atomic E-state index is 0.178. The summed E-state index contributed by atoms with van der Waals surface area (Å²) in [5, 5.41) is 0. The summed E-state index contributed by atoms with van der Waals surface area (Å²) in [6.45, 7) is 1.82. The highest BCUT2D eigenvalue weighted by atomic mass is 19.4. The fraction of sp³-hybridized carbons (Fsp3) is 0.176. The summed E-state index contributed by atoms with van der Waals surface area (Å²) in [5.74, 6) is -0.621. The molecule has 8 heteroatoms. The van der Waals surface area contributed by atoms with E-state index in [0.717, 1.165) is 18.2 Å². The van der Waals surface area contributed by atoms with Crippen LogP contribution >= 0.6 is 0 Å². The molecular weight excluding hydrogens is 339 g/mol. The molecule has 5 nitrogen and oxygen atoms in total. The van der Waals surface area contributed by atoms with Gasteiger partial charge < -0.3 is 14.2 Å². The lowest BCUT2D eigenvalue weighted by molar-refractivity contribution is -0.274. The van der Waals surface area contributed by atoms with Crippen molar-refractivity contribution in [2.24, 2.45) is 0 Å². The maximum atomic E-state index is 12.4. The number of carbonyl (C=O) groups excluding carboxylic acids is 1. The fourth-order valence-electron chi connectivity index (χ4n) is 1.82. The average Bonchev–Trinajstić information content (AvgIpc) is 2.55. The highest BCUT2D eigenvalue weighted by Crippen LogP contribution is 2.31. The van der Waals surface area contributed by atoms with Crippen molar-refractivity contribution in [1.29, 1.82) is 0 Å². The Morgan fingerprint density at radius 3 is 2.68 bits per heavy atom. The summed E-state index contributed by atoms with van der Waals surface area (Å²) in [5.41, 5.74) is 0.195. The smallest absolute Gasteiger partial charge is 0.463 e. The molecule has 0 aliphatic rings. The van der Waals surface area contributed by atoms with Gasteiger partial charge in [-0.25, -0.2) is 9.78 Å². The van der Waals surface area contributed by atoms with Crippen molar-refractivity contribution < 1.29 is 32.2 Å². The van der Waals surface area contributed by atoms with Crippen molar-refractivity contribution in [3.05, 3.63) is 54.2 Å². The number of nitrogens with zero attached hydrogens (tertiary/aromatic N) is 1. The molecule has 0 atom stereocenters. The van der Waals surface area contributed by atoms with Gasteiger partial charge in [0.15, 0.2) is 0 Å². The molecule has 1 heterocycles. The Morgan fingerprint density at radius 1 is 1.24 bits per heavy atom. The van der Waals surface area contributed by atoms with E-state index in [2.05, 4.69) is 9.72 Å². The van der Waals surface area contributed by atoms with Gasteiger partial charge in [-0.15, -0.1) is 13.2 Å². The number of benzene rings is 1. The third kappa shape index (κ3) is 6.17. The van der Waals surface area contributed by atoms with Crippen LogP contribution in [-0.4, -0.2) is 23.9 Å². The van der Waals surface area contributed by atoms with Crippen LogP contribution in [0.25, 0.3) is 6.08 Å². The zero-order valence-corrected chi connectivity index (χ0v) is 13.1. The summed E-state index contributed by atoms with van der Waals surface area (Å²) in [4.78, 5) is 15.4. The number of alkyl halides is 3. The Kier molecular flexibility index (Phi) is 5.99. The van der Waals surface area contributed by atoms with Crippen LogP contribution in [0, 0.1) is 0 Å². The average molecular weight is 353 g/mol. The first-order chi connectivity index (χ1) is 11.9. The molecule has 0 radical (unpaired) electrons. The molecular formula is C17H14F3NO4. The standard InChI is InChI=1S/C17H14F3NO4/c1-2-23-16(22)9-6-12-11-13(25-17(18,19)20)7-8-14(12)24-15-5-3-4-10-21-15/h3-11H,2H2,1H3/b9-6+. The second-order valence-corrected chi connectivity index (χ2v) is 4.60. The number of aromatic nitrogens is 1. The molecule has 0 aliphatic carbocycles. The monoisotopic (exact) mass is 353 g/mol. The predicted octanol–water partition coefficient (Wildman–Crippen LogP) is 4.35. The SMILES string of the molecule is CCOC(=O)/C=C/c1cc(OC(F)(F)F)ccc1Oc1ccccn1. The maximum Gasteiger partial charge on any atom is 0.573 e. The quantitative estimate of drug-likeness (QED) is 0.571. The summed E-state index contributed by atoms with van der Waals surface area (Å²) in [6, 6.07) is 8.46. The summed E-state index contributed by atoms with van der Waals surface area (Å²) in [7, 11) is 0. The molecule has 0 fully saturated rings. The minimum Gasteiger partial charge on any atom is -0.463 e. The molecule has 0 saturated carbocycles. The lowest BCUT2D eigenvalue weighted by Crippen LogP contribution is -2.17. The number of halogens is 3. The molecule has 0 unspecified atom stereocenters. The van der Waals surface area contributed by atoms with Gasteiger partial charge in [0, 0.05) is 23.9 Å². The van der Waals surface area contributed by atoms with Gasteiger partial charge in [0.25, 0.3) is 0 Å². The molecule has 2 rings (SSSR count). The van der Waals surface area contributed by atoms with Crippen LogP contribution in [0.2, 0.25) is 0 Å². The Labute approximate surface area is 141 Å². The van der Waals surface area contributed by atoms with E-state index in [1.807, 2.05) is 0 Å². The number of hydrogen-bond donors (Lipinski definition) is 0. The van der Waals surface area contributed by atoms with Gasteiger partial charge in [0.2, 0.25) is 5.88 Å². The van der Waals surface area contributed by atoms with Crippen LogP contribution in [0.1, 0.15) is 12.5 Å². The van der Waals surface area contributed by atoms with Crippen LogP contribution in [0.4, 0.5) is 13.2 Å². The number of ether oxygens (including phenoxy) is 3. The lowest BCUT2D eigenvalue weighted by atomic mass is 10.1. The zero-order chi connectivity index (χ0) is 18.3. The third-order valence-corrected chi connectivity index (χ3v) is 2.75. The number of rotatable bonds is 6. The van der Waals surface area contributed by atoms with Crippen LogP contribution in [0.5, 0.6) is 17.4 Å². The predicted molar refractivity (Wildman–Crippen MR) is 83.1 cm³/mol. The maximum absolute atomic E-state index is 12.4. The molecule has 0 N–H and O–H groups in total. The molecule has 1 aromatic heterocycles. The van der Waals surface area contributed by atoms with E-state index in [4.69, 9.17) is 9.47 Å². The van der Waals surface area contributed by atoms with Crippen LogP contribution in [-0.2, 0) is 9.53 Å². The van der Waals surface area contributed by atoms with Crippen molar-refractivity contribution in [1.82, 2.24) is 4.98 Å². The molecule has 25 heavy (non-hydrogen) atoms. The van der Waals surface area contributed by atoms with Crippen molar-refractivity contribution in [3.8, 4) is 17.4 Å². The van der Waals surface area contributed by atoms with E-state index in [0.29, 0.717) is 0 Å². The highest BCUT2D eigenvalue weighted by Gasteiger charge is 2.31. The van der Waals surface area contributed by atoms with Crippen molar-refractivity contribution in [2.75, 3.05) is 6.61 Å². The second kappa shape index (κ2) is 8.18. The number of carbonyl (C=O) groups is 1. The third-order valence-electron chi connectivity index (χ3n) is 2.75. The molecule has 0 bridgehead atoms. The van der Waals surface area contributed by atoms with Crippen molar-refractivity contribution in [2.45, 2.75) is 13.3 Å². The summed E-state index contributed by atoms with van der Waals surface area (Å²) < 4.78 is 51.3. The van der Waals surface area contributed by atoms with E-state index in [-0.39, 0.29) is 23.8 Å². The molecule has 1 aromatic carbocycles. The highest BCUT2D eigenvalue weighted by molar-refractivity contribution is 5.87. The van der Waals surface area contributed by atoms with Crippen LogP contribution in [0.3, 0.4) is 0 Å². The molecule has 0 amide bonds. The van der Waals surface area contributed by atoms with Crippen molar-refractivity contribution in [3.63, 3.8) is 0 Å². The number of pyridine rings is 1. The number of esters is 1. The van der Waals surface area contributed by atoms with Crippen molar-refractivity contribution >= 4 is 12.0 Å². The summed E-state index contributed by atoms with van der Waals surface area (Å²) >= 11 is 0. The Bertz CT molecular complexity index is 745. The lowest BCUT2D eigenvalue weighted by Gasteiger charge is -2.12. The number of hydrogen-bond acceptors (Lipinski definition) is 5. The molecule has 2 aromatic rings. The zero-order valence-electron chi connectivity index (χ0n) is 13.1. The normalized spacial score (nSPS) is 11.4. The largest absolute Gasteiger partial charge is 0.573 e. The van der Waals surface area contributed by atoms with E-state index in [1.165, 1.54) is 18.3 Å². The Hall–Kier alpha value is -3.03. The van der Waals surface area contributed by atoms with Crippen LogP contribution in [0.15, 0.2) is 48.7 Å². The van der Waals surface area contributed by atoms with Gasteiger partial charge in [0.05, 0.1) is 6.61 Å². The van der Waals surface area contributed by atoms with Gasteiger partial charge in [0.1, 0.15) is 11.5 Å². The second-order valence-electron chi connectivity index (χ2n) is 4.60. The fourth-order valence-corrected chi connectivity index (χ4v) is 1.82. The van der Waals surface area contributed by atoms with Gasteiger partial charge in [-0.1, -0.05) is 6.07 Å². The van der Waals surface area contributed by atoms with Gasteiger partial charge in [-0.2, -0.15) is 0 Å².